The monoisotopic (exact) mass is 364 g/mol. The van der Waals surface area contributed by atoms with Crippen LogP contribution in [0.15, 0.2) is 40.9 Å². The van der Waals surface area contributed by atoms with E-state index in [2.05, 4.69) is 21.2 Å². The summed E-state index contributed by atoms with van der Waals surface area (Å²) in [6, 6.07) is 13.5. The molecule has 2 aromatic carbocycles. The number of benzene rings is 2. The lowest BCUT2D eigenvalue weighted by Crippen LogP contribution is -2.01. The molecule has 0 aliphatic heterocycles. The number of anilines is 1. The lowest BCUT2D eigenvalue weighted by molar-refractivity contribution is 0.368. The van der Waals surface area contributed by atoms with E-state index < -0.39 is 0 Å². The van der Waals surface area contributed by atoms with E-state index in [1.807, 2.05) is 49.4 Å². The highest BCUT2D eigenvalue weighted by molar-refractivity contribution is 9.10. The van der Waals surface area contributed by atoms with Crippen LogP contribution in [-0.4, -0.2) is 6.61 Å². The molecule has 0 amide bonds. The average Bonchev–Trinajstić information content (AvgIpc) is 2.48. The normalized spacial score (nSPS) is 10.0. The molecular formula is C16H14BrClN2O. The van der Waals surface area contributed by atoms with Gasteiger partial charge in [-0.05, 0) is 58.2 Å². The SMILES string of the molecule is Cc1cc(Br)c(NCc2cccc(OCC#N)c2)cc1Cl. The Morgan fingerprint density at radius 3 is 2.90 bits per heavy atom. The van der Waals surface area contributed by atoms with Crippen molar-refractivity contribution in [2.45, 2.75) is 13.5 Å². The fraction of sp³-hybridized carbons (Fsp3) is 0.188. The van der Waals surface area contributed by atoms with Crippen LogP contribution in [0, 0.1) is 18.3 Å². The third kappa shape index (κ3) is 4.38. The second-order valence-electron chi connectivity index (χ2n) is 4.53. The maximum Gasteiger partial charge on any atom is 0.174 e. The largest absolute Gasteiger partial charge is 0.479 e. The smallest absolute Gasteiger partial charge is 0.174 e. The molecule has 0 aliphatic carbocycles. The standard InChI is InChI=1S/C16H14BrClN2O/c1-11-7-14(17)16(9-15(11)18)20-10-12-3-2-4-13(8-12)21-6-5-19/h2-4,7-9,20H,6,10H2,1H3. The fourth-order valence-electron chi connectivity index (χ4n) is 1.84. The molecule has 0 spiro atoms. The molecule has 0 saturated carbocycles. The molecule has 1 N–H and O–H groups in total. The van der Waals surface area contributed by atoms with Crippen molar-refractivity contribution in [2.75, 3.05) is 11.9 Å². The minimum absolute atomic E-state index is 0.0516. The molecule has 5 heteroatoms. The first-order valence-corrected chi connectivity index (χ1v) is 7.55. The molecule has 2 aromatic rings. The number of rotatable bonds is 5. The van der Waals surface area contributed by atoms with Crippen molar-refractivity contribution in [3.05, 3.63) is 57.0 Å². The van der Waals surface area contributed by atoms with E-state index in [0.717, 1.165) is 26.3 Å². The van der Waals surface area contributed by atoms with Crippen molar-refractivity contribution in [1.82, 2.24) is 0 Å². The number of nitrogens with zero attached hydrogens (tertiary/aromatic N) is 1. The van der Waals surface area contributed by atoms with E-state index in [1.54, 1.807) is 0 Å². The number of hydrogen-bond donors (Lipinski definition) is 1. The molecule has 0 unspecified atom stereocenters. The van der Waals surface area contributed by atoms with Gasteiger partial charge in [0.2, 0.25) is 0 Å². The van der Waals surface area contributed by atoms with Crippen molar-refractivity contribution in [1.29, 1.82) is 5.26 Å². The van der Waals surface area contributed by atoms with Crippen molar-refractivity contribution < 1.29 is 4.74 Å². The quantitative estimate of drug-likeness (QED) is 0.817. The highest BCUT2D eigenvalue weighted by Gasteiger charge is 2.04. The van der Waals surface area contributed by atoms with Gasteiger partial charge in [0.15, 0.2) is 6.61 Å². The summed E-state index contributed by atoms with van der Waals surface area (Å²) in [4.78, 5) is 0. The maximum absolute atomic E-state index is 8.52. The Hall–Kier alpha value is -1.70. The summed E-state index contributed by atoms with van der Waals surface area (Å²) in [5.74, 6) is 0.692. The third-order valence-corrected chi connectivity index (χ3v) is 4.00. The Morgan fingerprint density at radius 1 is 1.33 bits per heavy atom. The van der Waals surface area contributed by atoms with Crippen molar-refractivity contribution in [3.8, 4) is 11.8 Å². The van der Waals surface area contributed by atoms with Crippen molar-refractivity contribution in [2.24, 2.45) is 0 Å². The van der Waals surface area contributed by atoms with E-state index in [0.29, 0.717) is 12.3 Å². The van der Waals surface area contributed by atoms with Crippen LogP contribution in [0.3, 0.4) is 0 Å². The first-order chi connectivity index (χ1) is 10.1. The van der Waals surface area contributed by atoms with Crippen LogP contribution < -0.4 is 10.1 Å². The molecule has 0 aromatic heterocycles. The highest BCUT2D eigenvalue weighted by atomic mass is 79.9. The van der Waals surface area contributed by atoms with Crippen molar-refractivity contribution >= 4 is 33.2 Å². The Labute approximate surface area is 137 Å². The predicted octanol–water partition coefficient (Wildman–Crippen LogP) is 4.93. The molecule has 21 heavy (non-hydrogen) atoms. The molecule has 0 fully saturated rings. The van der Waals surface area contributed by atoms with Crippen LogP contribution in [0.1, 0.15) is 11.1 Å². The van der Waals surface area contributed by atoms with Crippen LogP contribution in [0.2, 0.25) is 5.02 Å². The van der Waals surface area contributed by atoms with Gasteiger partial charge in [-0.25, -0.2) is 0 Å². The Bertz CT molecular complexity index is 682. The van der Waals surface area contributed by atoms with E-state index in [1.165, 1.54) is 0 Å². The Balaban J connectivity index is 2.06. The summed E-state index contributed by atoms with van der Waals surface area (Å²) in [6.07, 6.45) is 0. The molecule has 0 heterocycles. The average molecular weight is 366 g/mol. The molecule has 2 rings (SSSR count). The van der Waals surface area contributed by atoms with Crippen LogP contribution in [0.4, 0.5) is 5.69 Å². The van der Waals surface area contributed by atoms with Crippen LogP contribution in [0.5, 0.6) is 5.75 Å². The highest BCUT2D eigenvalue weighted by Crippen LogP contribution is 2.29. The molecule has 0 saturated heterocycles. The molecule has 108 valence electrons. The van der Waals surface area contributed by atoms with Gasteiger partial charge in [0.1, 0.15) is 11.8 Å². The number of aryl methyl sites for hydroxylation is 1. The van der Waals surface area contributed by atoms with Gasteiger partial charge in [-0.2, -0.15) is 5.26 Å². The van der Waals surface area contributed by atoms with E-state index >= 15 is 0 Å². The van der Waals surface area contributed by atoms with E-state index in [-0.39, 0.29) is 6.61 Å². The van der Waals surface area contributed by atoms with Gasteiger partial charge in [-0.1, -0.05) is 23.7 Å². The summed E-state index contributed by atoms with van der Waals surface area (Å²) in [6.45, 7) is 2.66. The van der Waals surface area contributed by atoms with Gasteiger partial charge in [0.05, 0.1) is 5.69 Å². The fourth-order valence-corrected chi connectivity index (χ4v) is 2.60. The molecule has 3 nitrogen and oxygen atoms in total. The summed E-state index contributed by atoms with van der Waals surface area (Å²) >= 11 is 9.66. The van der Waals surface area contributed by atoms with Crippen LogP contribution >= 0.6 is 27.5 Å². The second-order valence-corrected chi connectivity index (χ2v) is 5.79. The minimum atomic E-state index is 0.0516. The minimum Gasteiger partial charge on any atom is -0.479 e. The zero-order valence-corrected chi connectivity index (χ0v) is 13.8. The lowest BCUT2D eigenvalue weighted by atomic mass is 10.2. The summed E-state index contributed by atoms with van der Waals surface area (Å²) in [7, 11) is 0. The number of nitrogens with one attached hydrogen (secondary N) is 1. The Kier molecular flexibility index (Phi) is 5.49. The van der Waals surface area contributed by atoms with Crippen LogP contribution in [0.25, 0.3) is 0 Å². The first kappa shape index (κ1) is 15.7. The zero-order valence-electron chi connectivity index (χ0n) is 11.5. The molecule has 0 atom stereocenters. The Morgan fingerprint density at radius 2 is 2.14 bits per heavy atom. The number of hydrogen-bond acceptors (Lipinski definition) is 3. The summed E-state index contributed by atoms with van der Waals surface area (Å²) < 4.78 is 6.26. The number of halogens is 2. The first-order valence-electron chi connectivity index (χ1n) is 6.38. The summed E-state index contributed by atoms with van der Waals surface area (Å²) in [5, 5.41) is 12.6. The molecule has 0 bridgehead atoms. The molecular weight excluding hydrogens is 352 g/mol. The maximum atomic E-state index is 8.52. The molecule has 0 radical (unpaired) electrons. The third-order valence-electron chi connectivity index (χ3n) is 2.93. The van der Waals surface area contributed by atoms with Crippen molar-refractivity contribution in [3.63, 3.8) is 0 Å². The lowest BCUT2D eigenvalue weighted by Gasteiger charge is -2.11. The van der Waals surface area contributed by atoms with E-state index in [4.69, 9.17) is 21.6 Å². The zero-order chi connectivity index (χ0) is 15.2. The van der Waals surface area contributed by atoms with Gasteiger partial charge in [-0.3, -0.25) is 0 Å². The number of nitriles is 1. The molecule has 0 aliphatic rings. The van der Waals surface area contributed by atoms with Crippen LogP contribution in [-0.2, 0) is 6.54 Å². The second kappa shape index (κ2) is 7.35. The van der Waals surface area contributed by atoms with Gasteiger partial charge in [-0.15, -0.1) is 0 Å². The van der Waals surface area contributed by atoms with Gasteiger partial charge >= 0.3 is 0 Å². The van der Waals surface area contributed by atoms with Gasteiger partial charge < -0.3 is 10.1 Å². The predicted molar refractivity (Wildman–Crippen MR) is 88.8 cm³/mol. The topological polar surface area (TPSA) is 45.0 Å². The number of ether oxygens (including phenoxy) is 1. The summed E-state index contributed by atoms with van der Waals surface area (Å²) in [5.41, 5.74) is 3.03. The van der Waals surface area contributed by atoms with Gasteiger partial charge in [0.25, 0.3) is 0 Å². The van der Waals surface area contributed by atoms with Gasteiger partial charge in [0, 0.05) is 16.0 Å². The van der Waals surface area contributed by atoms with E-state index in [9.17, 15) is 0 Å².